The van der Waals surface area contributed by atoms with Crippen molar-refractivity contribution in [2.45, 2.75) is 79.6 Å². The van der Waals surface area contributed by atoms with Gasteiger partial charge in [0.05, 0.1) is 12.1 Å². The van der Waals surface area contributed by atoms with E-state index in [1.54, 1.807) is 0 Å². The second-order valence-electron chi connectivity index (χ2n) is 9.57. The number of hydrogen-bond acceptors (Lipinski definition) is 6. The number of aliphatic imine (C=N–C) groups is 2. The van der Waals surface area contributed by atoms with Crippen LogP contribution in [0.4, 0.5) is 0 Å². The summed E-state index contributed by atoms with van der Waals surface area (Å²) in [5, 5.41) is 5.58. The molecule has 0 saturated carbocycles. The van der Waals surface area contributed by atoms with Gasteiger partial charge in [-0.3, -0.25) is 9.59 Å². The van der Waals surface area contributed by atoms with Gasteiger partial charge < -0.3 is 20.1 Å². The molecule has 30 heavy (non-hydrogen) atoms. The van der Waals surface area contributed by atoms with Crippen LogP contribution in [0.2, 0.25) is 0 Å². The Labute approximate surface area is 180 Å². The van der Waals surface area contributed by atoms with Gasteiger partial charge in [-0.05, 0) is 23.7 Å². The summed E-state index contributed by atoms with van der Waals surface area (Å²) in [7, 11) is 0. The Balaban J connectivity index is 2.05. The van der Waals surface area contributed by atoms with Crippen LogP contribution in [0.3, 0.4) is 0 Å². The molecule has 0 aromatic heterocycles. The van der Waals surface area contributed by atoms with Crippen molar-refractivity contribution in [1.29, 1.82) is 0 Å². The molecule has 0 fully saturated rings. The number of rotatable bonds is 8. The molecule has 0 aromatic rings. The van der Waals surface area contributed by atoms with Crippen LogP contribution in [0, 0.1) is 23.7 Å². The second-order valence-corrected chi connectivity index (χ2v) is 9.57. The number of nitrogens with zero attached hydrogens (tertiary/aromatic N) is 2. The lowest BCUT2D eigenvalue weighted by Gasteiger charge is -2.24. The first-order chi connectivity index (χ1) is 14.0. The van der Waals surface area contributed by atoms with E-state index in [1.165, 1.54) is 0 Å². The van der Waals surface area contributed by atoms with Crippen LogP contribution in [0.1, 0.15) is 55.4 Å². The van der Waals surface area contributed by atoms with Gasteiger partial charge in [0, 0.05) is 0 Å². The fraction of sp³-hybridized carbons (Fsp3) is 0.818. The zero-order chi connectivity index (χ0) is 22.6. The Morgan fingerprint density at radius 2 is 1.07 bits per heavy atom. The molecule has 8 nitrogen and oxygen atoms in total. The molecule has 4 atom stereocenters. The molecule has 170 valence electrons. The van der Waals surface area contributed by atoms with Gasteiger partial charge in [0.15, 0.2) is 0 Å². The average molecular weight is 423 g/mol. The third-order valence-corrected chi connectivity index (χ3v) is 5.57. The van der Waals surface area contributed by atoms with Gasteiger partial charge in [0.2, 0.25) is 11.8 Å². The van der Waals surface area contributed by atoms with Crippen molar-refractivity contribution in [3.63, 3.8) is 0 Å². The minimum atomic E-state index is -0.711. The molecular formula is C22H38N4O4. The lowest BCUT2D eigenvalue weighted by molar-refractivity contribution is -0.139. The SMILES string of the molecule is CC(C)[C@H](NC(=O)C(=O)N[C@H](C1=N[C@@H](C(C)C)CO1)C(C)C)C1=N[C@@H](C(C)C)CO1. The summed E-state index contributed by atoms with van der Waals surface area (Å²) in [6.07, 6.45) is 0. The van der Waals surface area contributed by atoms with Gasteiger partial charge in [-0.1, -0.05) is 55.4 Å². The number of amides is 2. The van der Waals surface area contributed by atoms with Crippen LogP contribution in [0.15, 0.2) is 9.98 Å². The Kier molecular flexibility index (Phi) is 8.26. The molecule has 2 N–H and O–H groups in total. The quantitative estimate of drug-likeness (QED) is 0.585. The zero-order valence-corrected chi connectivity index (χ0v) is 19.6. The Hall–Kier alpha value is -2.12. The van der Waals surface area contributed by atoms with Crippen molar-refractivity contribution in [1.82, 2.24) is 10.6 Å². The van der Waals surface area contributed by atoms with Crippen molar-refractivity contribution >= 4 is 23.6 Å². The average Bonchev–Trinajstić information content (AvgIpc) is 3.32. The molecule has 0 spiro atoms. The second kappa shape index (κ2) is 10.3. The van der Waals surface area contributed by atoms with Crippen LogP contribution in [0.5, 0.6) is 0 Å². The summed E-state index contributed by atoms with van der Waals surface area (Å²) in [4.78, 5) is 34.5. The maximum atomic E-state index is 12.7. The van der Waals surface area contributed by atoms with Crippen molar-refractivity contribution < 1.29 is 19.1 Å². The van der Waals surface area contributed by atoms with Gasteiger partial charge in [0.1, 0.15) is 25.3 Å². The van der Waals surface area contributed by atoms with E-state index in [0.29, 0.717) is 36.8 Å². The smallest absolute Gasteiger partial charge is 0.309 e. The highest BCUT2D eigenvalue weighted by Gasteiger charge is 2.35. The van der Waals surface area contributed by atoms with E-state index in [-0.39, 0.29) is 23.9 Å². The van der Waals surface area contributed by atoms with E-state index in [4.69, 9.17) is 9.47 Å². The van der Waals surface area contributed by atoms with E-state index in [0.717, 1.165) is 0 Å². The highest BCUT2D eigenvalue weighted by molar-refractivity contribution is 6.36. The Morgan fingerprint density at radius 3 is 1.30 bits per heavy atom. The molecule has 8 heteroatoms. The molecular weight excluding hydrogens is 384 g/mol. The number of ether oxygens (including phenoxy) is 2. The minimum Gasteiger partial charge on any atom is -0.477 e. The maximum Gasteiger partial charge on any atom is 0.309 e. The fourth-order valence-corrected chi connectivity index (χ4v) is 3.28. The number of nitrogens with one attached hydrogen (secondary N) is 2. The summed E-state index contributed by atoms with van der Waals surface area (Å²) >= 11 is 0. The standard InChI is InChI=1S/C22H38N4O4/c1-11(2)15-9-29-21(23-15)17(13(5)6)25-19(27)20(28)26-18(14(7)8)22-24-16(10-30-22)12(3)4/h11-18H,9-10H2,1-8H3,(H,25,27)(H,26,28)/t15-,16-,17+,18+/m1/s1. The Bertz CT molecular complexity index is 627. The highest BCUT2D eigenvalue weighted by atomic mass is 16.5. The van der Waals surface area contributed by atoms with Gasteiger partial charge >= 0.3 is 11.8 Å². The maximum absolute atomic E-state index is 12.7. The van der Waals surface area contributed by atoms with Crippen molar-refractivity contribution in [2.24, 2.45) is 33.7 Å². The van der Waals surface area contributed by atoms with Gasteiger partial charge in [-0.2, -0.15) is 0 Å². The minimum absolute atomic E-state index is 0.0293. The van der Waals surface area contributed by atoms with Crippen molar-refractivity contribution in [3.8, 4) is 0 Å². The summed E-state index contributed by atoms with van der Waals surface area (Å²) in [5.41, 5.74) is 0. The van der Waals surface area contributed by atoms with Crippen LogP contribution < -0.4 is 10.6 Å². The summed E-state index contributed by atoms with van der Waals surface area (Å²) < 4.78 is 11.5. The van der Waals surface area contributed by atoms with Gasteiger partial charge in [-0.25, -0.2) is 9.98 Å². The zero-order valence-electron chi connectivity index (χ0n) is 19.6. The van der Waals surface area contributed by atoms with Gasteiger partial charge in [0.25, 0.3) is 0 Å². The predicted octanol–water partition coefficient (Wildman–Crippen LogP) is 2.17. The fourth-order valence-electron chi connectivity index (χ4n) is 3.28. The Morgan fingerprint density at radius 1 is 0.733 bits per heavy atom. The van der Waals surface area contributed by atoms with E-state index >= 15 is 0 Å². The first-order valence-electron chi connectivity index (χ1n) is 11.0. The van der Waals surface area contributed by atoms with E-state index in [1.807, 2.05) is 27.7 Å². The molecule has 0 unspecified atom stereocenters. The van der Waals surface area contributed by atoms with E-state index < -0.39 is 23.9 Å². The van der Waals surface area contributed by atoms with Crippen LogP contribution in [0.25, 0.3) is 0 Å². The van der Waals surface area contributed by atoms with Crippen LogP contribution in [-0.2, 0) is 19.1 Å². The number of hydrogen-bond donors (Lipinski definition) is 2. The highest BCUT2D eigenvalue weighted by Crippen LogP contribution is 2.19. The first-order valence-corrected chi connectivity index (χ1v) is 11.0. The van der Waals surface area contributed by atoms with E-state index in [9.17, 15) is 9.59 Å². The monoisotopic (exact) mass is 422 g/mol. The van der Waals surface area contributed by atoms with Crippen LogP contribution >= 0.6 is 0 Å². The molecule has 0 aromatic carbocycles. The topological polar surface area (TPSA) is 101 Å². The van der Waals surface area contributed by atoms with Crippen molar-refractivity contribution in [2.75, 3.05) is 13.2 Å². The third kappa shape index (κ3) is 5.95. The summed E-state index contributed by atoms with van der Waals surface area (Å²) in [6, 6.07) is -0.753. The first kappa shape index (κ1) is 24.2. The third-order valence-electron chi connectivity index (χ3n) is 5.57. The largest absolute Gasteiger partial charge is 0.477 e. The number of carbonyl (C=O) groups excluding carboxylic acids is 2. The molecule has 2 amide bonds. The van der Waals surface area contributed by atoms with Gasteiger partial charge in [-0.15, -0.1) is 0 Å². The predicted molar refractivity (Wildman–Crippen MR) is 118 cm³/mol. The summed E-state index contributed by atoms with van der Waals surface area (Å²) in [6.45, 7) is 17.2. The molecule has 2 aliphatic heterocycles. The lowest BCUT2D eigenvalue weighted by atomic mass is 10.0. The van der Waals surface area contributed by atoms with Crippen molar-refractivity contribution in [3.05, 3.63) is 0 Å². The normalized spacial score (nSPS) is 23.2. The molecule has 0 bridgehead atoms. The lowest BCUT2D eigenvalue weighted by Crippen LogP contribution is -2.54. The van der Waals surface area contributed by atoms with E-state index in [2.05, 4.69) is 48.3 Å². The molecule has 2 rings (SSSR count). The molecule has 2 aliphatic rings. The summed E-state index contributed by atoms with van der Waals surface area (Å²) in [5.74, 6) is 0.326. The molecule has 0 aliphatic carbocycles. The van der Waals surface area contributed by atoms with Crippen LogP contribution in [-0.4, -0.2) is 61.0 Å². The molecule has 2 heterocycles. The number of carbonyl (C=O) groups is 2. The molecule has 0 radical (unpaired) electrons. The molecule has 0 saturated heterocycles.